The summed E-state index contributed by atoms with van der Waals surface area (Å²) < 4.78 is 6.98. The summed E-state index contributed by atoms with van der Waals surface area (Å²) in [6.07, 6.45) is 3.56. The zero-order valence-corrected chi connectivity index (χ0v) is 14.2. The molecule has 1 aromatic rings. The number of rotatable bonds is 9. The van der Waals surface area contributed by atoms with Crippen molar-refractivity contribution in [2.24, 2.45) is 5.41 Å². The van der Waals surface area contributed by atoms with Gasteiger partial charge in [0.2, 0.25) is 5.91 Å². The molecule has 0 unspecified atom stereocenters. The summed E-state index contributed by atoms with van der Waals surface area (Å²) in [7, 11) is 1.68. The first-order valence-electron chi connectivity index (χ1n) is 7.18. The lowest BCUT2D eigenvalue weighted by Crippen LogP contribution is -2.28. The van der Waals surface area contributed by atoms with Gasteiger partial charge in [-0.1, -0.05) is 32.5 Å². The van der Waals surface area contributed by atoms with E-state index >= 15 is 0 Å². The summed E-state index contributed by atoms with van der Waals surface area (Å²) >= 11 is 1.41. The van der Waals surface area contributed by atoms with E-state index in [9.17, 15) is 4.79 Å². The molecule has 1 heterocycles. The number of amides is 1. The maximum atomic E-state index is 11.8. The SMILES string of the molecule is COCCCn1cnnc1SCC(=O)NCCC(C)(C)C. The van der Waals surface area contributed by atoms with Crippen molar-refractivity contribution in [1.29, 1.82) is 0 Å². The highest BCUT2D eigenvalue weighted by Gasteiger charge is 2.12. The van der Waals surface area contributed by atoms with Gasteiger partial charge in [0.15, 0.2) is 5.16 Å². The predicted molar refractivity (Wildman–Crippen MR) is 84.3 cm³/mol. The average molecular weight is 314 g/mol. The Morgan fingerprint density at radius 1 is 1.48 bits per heavy atom. The van der Waals surface area contributed by atoms with Crippen molar-refractivity contribution in [3.05, 3.63) is 6.33 Å². The highest BCUT2D eigenvalue weighted by molar-refractivity contribution is 7.99. The summed E-state index contributed by atoms with van der Waals surface area (Å²) in [5.74, 6) is 0.406. The largest absolute Gasteiger partial charge is 0.385 e. The molecule has 0 bridgehead atoms. The first kappa shape index (κ1) is 18.0. The molecule has 120 valence electrons. The van der Waals surface area contributed by atoms with Crippen LogP contribution in [0.4, 0.5) is 0 Å². The van der Waals surface area contributed by atoms with E-state index in [0.717, 1.165) is 24.5 Å². The Morgan fingerprint density at radius 2 is 2.24 bits per heavy atom. The highest BCUT2D eigenvalue weighted by Crippen LogP contribution is 2.17. The number of hydrogen-bond donors (Lipinski definition) is 1. The standard InChI is InChI=1S/C14H26N4O2S/c1-14(2,3)6-7-15-12(19)10-21-13-17-16-11-18(13)8-5-9-20-4/h11H,5-10H2,1-4H3,(H,15,19). The number of thioether (sulfide) groups is 1. The molecule has 7 heteroatoms. The molecule has 1 rings (SSSR count). The molecule has 0 atom stereocenters. The van der Waals surface area contributed by atoms with E-state index < -0.39 is 0 Å². The summed E-state index contributed by atoms with van der Waals surface area (Å²) in [5.41, 5.74) is 0.238. The second-order valence-electron chi connectivity index (χ2n) is 6.10. The molecule has 0 aromatic carbocycles. The summed E-state index contributed by atoms with van der Waals surface area (Å²) in [6, 6.07) is 0. The molecular formula is C14H26N4O2S. The maximum absolute atomic E-state index is 11.8. The number of nitrogens with zero attached hydrogens (tertiary/aromatic N) is 3. The molecule has 0 fully saturated rings. The number of aryl methyl sites for hydroxylation is 1. The van der Waals surface area contributed by atoms with Crippen molar-refractivity contribution in [3.63, 3.8) is 0 Å². The van der Waals surface area contributed by atoms with Gasteiger partial charge in [0, 0.05) is 26.8 Å². The molecule has 0 aliphatic rings. The molecule has 0 saturated carbocycles. The van der Waals surface area contributed by atoms with Crippen molar-refractivity contribution in [2.45, 2.75) is 45.3 Å². The minimum absolute atomic E-state index is 0.0377. The lowest BCUT2D eigenvalue weighted by Gasteiger charge is -2.17. The first-order valence-corrected chi connectivity index (χ1v) is 8.17. The Kier molecular flexibility index (Phi) is 7.74. The van der Waals surface area contributed by atoms with E-state index in [1.807, 2.05) is 4.57 Å². The van der Waals surface area contributed by atoms with Gasteiger partial charge in [-0.3, -0.25) is 4.79 Å². The zero-order valence-electron chi connectivity index (χ0n) is 13.4. The van der Waals surface area contributed by atoms with Crippen molar-refractivity contribution in [3.8, 4) is 0 Å². The molecular weight excluding hydrogens is 288 g/mol. The van der Waals surface area contributed by atoms with Crippen LogP contribution in [0.5, 0.6) is 0 Å². The Balaban J connectivity index is 2.28. The third-order valence-electron chi connectivity index (χ3n) is 2.86. The first-order chi connectivity index (χ1) is 9.92. The van der Waals surface area contributed by atoms with Gasteiger partial charge >= 0.3 is 0 Å². The highest BCUT2D eigenvalue weighted by atomic mass is 32.2. The monoisotopic (exact) mass is 314 g/mol. The molecule has 1 N–H and O–H groups in total. The van der Waals surface area contributed by atoms with Crippen molar-refractivity contribution < 1.29 is 9.53 Å². The van der Waals surface area contributed by atoms with Crippen LogP contribution in [-0.2, 0) is 16.1 Å². The van der Waals surface area contributed by atoms with Crippen LogP contribution in [0.2, 0.25) is 0 Å². The lowest BCUT2D eigenvalue weighted by molar-refractivity contribution is -0.118. The average Bonchev–Trinajstić information content (AvgIpc) is 2.83. The van der Waals surface area contributed by atoms with Crippen LogP contribution < -0.4 is 5.32 Å². The van der Waals surface area contributed by atoms with E-state index in [1.54, 1.807) is 13.4 Å². The Morgan fingerprint density at radius 3 is 2.90 bits per heavy atom. The summed E-state index contributed by atoms with van der Waals surface area (Å²) in [6.45, 7) is 8.71. The number of hydrogen-bond acceptors (Lipinski definition) is 5. The van der Waals surface area contributed by atoms with Gasteiger partial charge in [0.25, 0.3) is 0 Å². The normalized spacial score (nSPS) is 11.6. The molecule has 1 aromatic heterocycles. The minimum atomic E-state index is 0.0377. The van der Waals surface area contributed by atoms with Gasteiger partial charge < -0.3 is 14.6 Å². The molecule has 0 spiro atoms. The minimum Gasteiger partial charge on any atom is -0.385 e. The summed E-state index contributed by atoms with van der Waals surface area (Å²) in [5, 5.41) is 11.6. The quantitative estimate of drug-likeness (QED) is 0.557. The predicted octanol–water partition coefficient (Wildman–Crippen LogP) is 1.96. The summed E-state index contributed by atoms with van der Waals surface area (Å²) in [4.78, 5) is 11.8. The zero-order chi connectivity index (χ0) is 15.7. The number of aromatic nitrogens is 3. The van der Waals surface area contributed by atoms with Crippen molar-refractivity contribution in [2.75, 3.05) is 26.0 Å². The van der Waals surface area contributed by atoms with Crippen molar-refractivity contribution in [1.82, 2.24) is 20.1 Å². The van der Waals surface area contributed by atoms with Crippen LogP contribution in [0.25, 0.3) is 0 Å². The second-order valence-corrected chi connectivity index (χ2v) is 7.05. The van der Waals surface area contributed by atoms with Crippen LogP contribution >= 0.6 is 11.8 Å². The van der Waals surface area contributed by atoms with Gasteiger partial charge in [-0.15, -0.1) is 10.2 Å². The van der Waals surface area contributed by atoms with E-state index in [-0.39, 0.29) is 11.3 Å². The molecule has 0 radical (unpaired) electrons. The maximum Gasteiger partial charge on any atom is 0.230 e. The van der Waals surface area contributed by atoms with Gasteiger partial charge in [0.05, 0.1) is 5.75 Å². The molecule has 0 aliphatic carbocycles. The number of nitrogens with one attached hydrogen (secondary N) is 1. The molecule has 6 nitrogen and oxygen atoms in total. The third-order valence-corrected chi connectivity index (χ3v) is 3.84. The fourth-order valence-electron chi connectivity index (χ4n) is 1.65. The van der Waals surface area contributed by atoms with E-state index in [2.05, 4.69) is 36.3 Å². The van der Waals surface area contributed by atoms with Crippen LogP contribution in [0.1, 0.15) is 33.6 Å². The molecule has 21 heavy (non-hydrogen) atoms. The lowest BCUT2D eigenvalue weighted by atomic mass is 9.92. The fraction of sp³-hybridized carbons (Fsp3) is 0.786. The van der Waals surface area contributed by atoms with E-state index in [4.69, 9.17) is 4.74 Å². The number of carbonyl (C=O) groups excluding carboxylic acids is 1. The van der Waals surface area contributed by atoms with Gasteiger partial charge in [0.1, 0.15) is 6.33 Å². The Bertz CT molecular complexity index is 429. The number of ether oxygens (including phenoxy) is 1. The van der Waals surface area contributed by atoms with Crippen molar-refractivity contribution >= 4 is 17.7 Å². The fourth-order valence-corrected chi connectivity index (χ4v) is 2.42. The Labute approximate surface area is 131 Å². The van der Waals surface area contributed by atoms with E-state index in [0.29, 0.717) is 18.9 Å². The number of carbonyl (C=O) groups is 1. The molecule has 0 aliphatic heterocycles. The van der Waals surface area contributed by atoms with Gasteiger partial charge in [-0.25, -0.2) is 0 Å². The molecule has 0 saturated heterocycles. The smallest absolute Gasteiger partial charge is 0.230 e. The Hall–Kier alpha value is -1.08. The van der Waals surface area contributed by atoms with Crippen LogP contribution in [-0.4, -0.2) is 46.7 Å². The second kappa shape index (κ2) is 9.04. The third kappa shape index (κ3) is 8.06. The van der Waals surface area contributed by atoms with Gasteiger partial charge in [-0.2, -0.15) is 0 Å². The van der Waals surface area contributed by atoms with Crippen LogP contribution in [0.15, 0.2) is 11.5 Å². The van der Waals surface area contributed by atoms with Crippen LogP contribution in [0.3, 0.4) is 0 Å². The van der Waals surface area contributed by atoms with Crippen LogP contribution in [0, 0.1) is 5.41 Å². The topological polar surface area (TPSA) is 69.0 Å². The number of methoxy groups -OCH3 is 1. The van der Waals surface area contributed by atoms with E-state index in [1.165, 1.54) is 11.8 Å². The van der Waals surface area contributed by atoms with Gasteiger partial charge in [-0.05, 0) is 18.3 Å². The molecule has 1 amide bonds.